The van der Waals surface area contributed by atoms with Gasteiger partial charge in [0.25, 0.3) is 5.91 Å². The SMILES string of the molecule is CC(NC(=O)c1ccoc1)C(=O)N[C@H]1CC[C@@H](C(=O)O)C1. The first-order valence-electron chi connectivity index (χ1n) is 6.83. The number of aliphatic carboxylic acids is 1. The number of nitrogens with one attached hydrogen (secondary N) is 2. The third-order valence-corrected chi connectivity index (χ3v) is 3.65. The number of carbonyl (C=O) groups is 3. The number of carboxylic acid groups (broad SMARTS) is 1. The number of hydrogen-bond acceptors (Lipinski definition) is 4. The van der Waals surface area contributed by atoms with E-state index in [2.05, 4.69) is 10.6 Å². The first-order chi connectivity index (χ1) is 9.97. The van der Waals surface area contributed by atoms with Crippen molar-refractivity contribution in [1.82, 2.24) is 10.6 Å². The zero-order valence-electron chi connectivity index (χ0n) is 11.7. The summed E-state index contributed by atoms with van der Waals surface area (Å²) in [5.74, 6) is -1.93. The van der Waals surface area contributed by atoms with Crippen molar-refractivity contribution in [2.45, 2.75) is 38.3 Å². The Morgan fingerprint density at radius 2 is 2.14 bits per heavy atom. The molecule has 1 aliphatic carbocycles. The molecule has 0 aromatic carbocycles. The largest absolute Gasteiger partial charge is 0.481 e. The van der Waals surface area contributed by atoms with Crippen LogP contribution < -0.4 is 10.6 Å². The van der Waals surface area contributed by atoms with E-state index in [1.165, 1.54) is 18.6 Å². The van der Waals surface area contributed by atoms with Gasteiger partial charge in [0.05, 0.1) is 17.7 Å². The van der Waals surface area contributed by atoms with Crippen LogP contribution in [0.15, 0.2) is 23.0 Å². The van der Waals surface area contributed by atoms with E-state index in [-0.39, 0.29) is 17.9 Å². The van der Waals surface area contributed by atoms with Crippen molar-refractivity contribution in [3.63, 3.8) is 0 Å². The Morgan fingerprint density at radius 1 is 1.38 bits per heavy atom. The predicted octanol–water partition coefficient (Wildman–Crippen LogP) is 0.767. The highest BCUT2D eigenvalue weighted by molar-refractivity contribution is 5.97. The van der Waals surface area contributed by atoms with Gasteiger partial charge in [-0.15, -0.1) is 0 Å². The van der Waals surface area contributed by atoms with E-state index in [0.29, 0.717) is 24.8 Å². The van der Waals surface area contributed by atoms with Gasteiger partial charge in [-0.1, -0.05) is 0 Å². The number of carboxylic acids is 1. The summed E-state index contributed by atoms with van der Waals surface area (Å²) in [7, 11) is 0. The van der Waals surface area contributed by atoms with E-state index in [9.17, 15) is 14.4 Å². The molecule has 1 aromatic heterocycles. The van der Waals surface area contributed by atoms with Crippen molar-refractivity contribution >= 4 is 17.8 Å². The van der Waals surface area contributed by atoms with Gasteiger partial charge in [-0.2, -0.15) is 0 Å². The van der Waals surface area contributed by atoms with Crippen molar-refractivity contribution < 1.29 is 23.9 Å². The molecule has 7 nitrogen and oxygen atoms in total. The van der Waals surface area contributed by atoms with Crippen LogP contribution >= 0.6 is 0 Å². The summed E-state index contributed by atoms with van der Waals surface area (Å²) in [5.41, 5.74) is 0.349. The molecule has 0 spiro atoms. The quantitative estimate of drug-likeness (QED) is 0.743. The Balaban J connectivity index is 1.80. The Hall–Kier alpha value is -2.31. The van der Waals surface area contributed by atoms with E-state index in [0.717, 1.165) is 0 Å². The minimum atomic E-state index is -0.826. The molecule has 0 radical (unpaired) electrons. The van der Waals surface area contributed by atoms with Crippen molar-refractivity contribution in [2.24, 2.45) is 5.92 Å². The second-order valence-corrected chi connectivity index (χ2v) is 5.26. The fraction of sp³-hybridized carbons (Fsp3) is 0.500. The first-order valence-corrected chi connectivity index (χ1v) is 6.83. The normalized spacial score (nSPS) is 22.5. The molecule has 0 bridgehead atoms. The standard InChI is InChI=1S/C14H18N2O5/c1-8(15-13(18)10-4-5-21-7-10)12(17)16-11-3-2-9(6-11)14(19)20/h4-5,7-9,11H,2-3,6H2,1H3,(H,15,18)(H,16,17)(H,19,20)/t8?,9-,11+/m1/s1. The predicted molar refractivity (Wildman–Crippen MR) is 72.5 cm³/mol. The van der Waals surface area contributed by atoms with Crippen LogP contribution in [0, 0.1) is 5.92 Å². The molecule has 3 N–H and O–H groups in total. The average molecular weight is 294 g/mol. The molecule has 2 rings (SSSR count). The highest BCUT2D eigenvalue weighted by Gasteiger charge is 2.31. The van der Waals surface area contributed by atoms with E-state index in [1.807, 2.05) is 0 Å². The van der Waals surface area contributed by atoms with Crippen molar-refractivity contribution in [3.05, 3.63) is 24.2 Å². The molecular formula is C14H18N2O5. The smallest absolute Gasteiger partial charge is 0.306 e. The van der Waals surface area contributed by atoms with Crippen LogP contribution in [0.25, 0.3) is 0 Å². The van der Waals surface area contributed by atoms with Gasteiger partial charge in [0.1, 0.15) is 12.3 Å². The van der Waals surface area contributed by atoms with Crippen LogP contribution in [-0.2, 0) is 9.59 Å². The topological polar surface area (TPSA) is 109 Å². The van der Waals surface area contributed by atoms with Crippen LogP contribution in [0.2, 0.25) is 0 Å². The third-order valence-electron chi connectivity index (χ3n) is 3.65. The molecule has 21 heavy (non-hydrogen) atoms. The minimum Gasteiger partial charge on any atom is -0.481 e. The zero-order valence-corrected chi connectivity index (χ0v) is 11.7. The Morgan fingerprint density at radius 3 is 2.71 bits per heavy atom. The van der Waals surface area contributed by atoms with Crippen molar-refractivity contribution in [2.75, 3.05) is 0 Å². The summed E-state index contributed by atoms with van der Waals surface area (Å²) in [4.78, 5) is 34.6. The van der Waals surface area contributed by atoms with Gasteiger partial charge in [0.15, 0.2) is 0 Å². The second-order valence-electron chi connectivity index (χ2n) is 5.26. The molecule has 7 heteroatoms. The number of amides is 2. The maximum Gasteiger partial charge on any atom is 0.306 e. The van der Waals surface area contributed by atoms with Crippen LogP contribution in [0.1, 0.15) is 36.5 Å². The van der Waals surface area contributed by atoms with Crippen molar-refractivity contribution in [1.29, 1.82) is 0 Å². The monoisotopic (exact) mass is 294 g/mol. The first kappa shape index (κ1) is 15.1. The third kappa shape index (κ3) is 3.84. The number of hydrogen-bond donors (Lipinski definition) is 3. The highest BCUT2D eigenvalue weighted by Crippen LogP contribution is 2.25. The number of rotatable bonds is 5. The van der Waals surface area contributed by atoms with E-state index in [4.69, 9.17) is 9.52 Å². The molecule has 0 aliphatic heterocycles. The molecule has 2 amide bonds. The summed E-state index contributed by atoms with van der Waals surface area (Å²) in [6.07, 6.45) is 4.32. The summed E-state index contributed by atoms with van der Waals surface area (Å²) in [6, 6.07) is 0.664. The van der Waals surface area contributed by atoms with Gasteiger partial charge in [-0.3, -0.25) is 14.4 Å². The Labute approximate surface area is 121 Å². The maximum absolute atomic E-state index is 12.0. The average Bonchev–Trinajstić information content (AvgIpc) is 3.09. The zero-order chi connectivity index (χ0) is 15.4. The van der Waals surface area contributed by atoms with Gasteiger partial charge in [0.2, 0.25) is 5.91 Å². The lowest BCUT2D eigenvalue weighted by atomic mass is 10.1. The van der Waals surface area contributed by atoms with E-state index >= 15 is 0 Å². The molecule has 1 unspecified atom stereocenters. The minimum absolute atomic E-state index is 0.146. The molecule has 1 aromatic rings. The van der Waals surface area contributed by atoms with Crippen LogP contribution in [-0.4, -0.2) is 35.0 Å². The van der Waals surface area contributed by atoms with Crippen LogP contribution in [0.4, 0.5) is 0 Å². The fourth-order valence-corrected chi connectivity index (χ4v) is 2.40. The maximum atomic E-state index is 12.0. The van der Waals surface area contributed by atoms with Gasteiger partial charge in [-0.25, -0.2) is 0 Å². The Bertz CT molecular complexity index is 525. The number of carbonyl (C=O) groups excluding carboxylic acids is 2. The van der Waals surface area contributed by atoms with E-state index < -0.39 is 17.9 Å². The molecule has 3 atom stereocenters. The highest BCUT2D eigenvalue weighted by atomic mass is 16.4. The molecule has 1 aliphatic rings. The molecule has 114 valence electrons. The Kier molecular flexibility index (Phi) is 4.62. The summed E-state index contributed by atoms with van der Waals surface area (Å²) >= 11 is 0. The van der Waals surface area contributed by atoms with Gasteiger partial charge in [0, 0.05) is 6.04 Å². The van der Waals surface area contributed by atoms with E-state index in [1.54, 1.807) is 6.92 Å². The lowest BCUT2D eigenvalue weighted by Gasteiger charge is -2.17. The second kappa shape index (κ2) is 6.43. The van der Waals surface area contributed by atoms with Crippen LogP contribution in [0.5, 0.6) is 0 Å². The van der Waals surface area contributed by atoms with Crippen LogP contribution in [0.3, 0.4) is 0 Å². The van der Waals surface area contributed by atoms with Gasteiger partial charge < -0.3 is 20.2 Å². The molecule has 1 heterocycles. The van der Waals surface area contributed by atoms with Crippen molar-refractivity contribution in [3.8, 4) is 0 Å². The summed E-state index contributed by atoms with van der Waals surface area (Å²) in [6.45, 7) is 1.58. The van der Waals surface area contributed by atoms with Gasteiger partial charge >= 0.3 is 5.97 Å². The molecule has 0 saturated heterocycles. The lowest BCUT2D eigenvalue weighted by molar-refractivity contribution is -0.141. The fourth-order valence-electron chi connectivity index (χ4n) is 2.40. The number of furan rings is 1. The molecule has 1 saturated carbocycles. The lowest BCUT2D eigenvalue weighted by Crippen LogP contribution is -2.47. The summed E-state index contributed by atoms with van der Waals surface area (Å²) < 4.78 is 4.80. The van der Waals surface area contributed by atoms with Gasteiger partial charge in [-0.05, 0) is 32.3 Å². The molecule has 1 fully saturated rings. The molecular weight excluding hydrogens is 276 g/mol. The summed E-state index contributed by atoms with van der Waals surface area (Å²) in [5, 5.41) is 14.3.